The Hall–Kier alpha value is -0.980. The second-order valence-electron chi connectivity index (χ2n) is 7.12. The van der Waals surface area contributed by atoms with Crippen LogP contribution >= 0.6 is 0 Å². The molecule has 2 atom stereocenters. The van der Waals surface area contributed by atoms with E-state index in [0.29, 0.717) is 5.41 Å². The highest BCUT2D eigenvalue weighted by Gasteiger charge is 2.39. The Labute approximate surface area is 117 Å². The molecule has 2 aliphatic rings. The minimum absolute atomic E-state index is 0.537. The number of benzene rings is 1. The van der Waals surface area contributed by atoms with Gasteiger partial charge in [-0.2, -0.15) is 0 Å². The third kappa shape index (κ3) is 2.40. The van der Waals surface area contributed by atoms with Gasteiger partial charge in [-0.25, -0.2) is 0 Å². The summed E-state index contributed by atoms with van der Waals surface area (Å²) in [4.78, 5) is 0. The predicted molar refractivity (Wildman–Crippen MR) is 79.6 cm³/mol. The van der Waals surface area contributed by atoms with E-state index in [1.807, 2.05) is 0 Å². The minimum atomic E-state index is 0.537. The van der Waals surface area contributed by atoms with Crippen LogP contribution in [0.4, 0.5) is 0 Å². The smallest absolute Gasteiger partial charge is 0.119 e. The van der Waals surface area contributed by atoms with Crippen molar-refractivity contribution in [3.8, 4) is 5.75 Å². The van der Waals surface area contributed by atoms with E-state index in [1.165, 1.54) is 38.5 Å². The highest BCUT2D eigenvalue weighted by atomic mass is 16.5. The summed E-state index contributed by atoms with van der Waals surface area (Å²) in [5.74, 6) is 2.81. The van der Waals surface area contributed by atoms with E-state index < -0.39 is 0 Å². The summed E-state index contributed by atoms with van der Waals surface area (Å²) >= 11 is 0. The van der Waals surface area contributed by atoms with Crippen molar-refractivity contribution in [1.82, 2.24) is 0 Å². The summed E-state index contributed by atoms with van der Waals surface area (Å²) in [7, 11) is 1.77. The third-order valence-electron chi connectivity index (χ3n) is 5.59. The fourth-order valence-corrected chi connectivity index (χ4v) is 4.47. The average molecular weight is 258 g/mol. The SMILES string of the molecule is COc1ccc2c(c1)C[C@@H]1CCCC(C)(C)[C@H]1CC2. The zero-order chi connectivity index (χ0) is 13.5. The topological polar surface area (TPSA) is 9.23 Å². The van der Waals surface area contributed by atoms with Crippen LogP contribution in [0.15, 0.2) is 18.2 Å². The van der Waals surface area contributed by atoms with E-state index in [9.17, 15) is 0 Å². The number of rotatable bonds is 1. The number of hydrogen-bond acceptors (Lipinski definition) is 1. The summed E-state index contributed by atoms with van der Waals surface area (Å²) in [5.41, 5.74) is 3.64. The van der Waals surface area contributed by atoms with Gasteiger partial charge in [0.05, 0.1) is 7.11 Å². The van der Waals surface area contributed by atoms with Gasteiger partial charge in [-0.1, -0.05) is 26.3 Å². The van der Waals surface area contributed by atoms with Crippen LogP contribution in [-0.4, -0.2) is 7.11 Å². The monoisotopic (exact) mass is 258 g/mol. The Morgan fingerprint density at radius 1 is 1.16 bits per heavy atom. The van der Waals surface area contributed by atoms with Gasteiger partial charge in [-0.05, 0) is 72.6 Å². The van der Waals surface area contributed by atoms with E-state index in [0.717, 1.165) is 17.6 Å². The van der Waals surface area contributed by atoms with Crippen molar-refractivity contribution in [2.45, 2.75) is 52.4 Å². The lowest BCUT2D eigenvalue weighted by Gasteiger charge is -2.43. The van der Waals surface area contributed by atoms with Gasteiger partial charge in [0.1, 0.15) is 5.75 Å². The maximum atomic E-state index is 5.40. The van der Waals surface area contributed by atoms with Crippen molar-refractivity contribution in [1.29, 1.82) is 0 Å². The molecular formula is C18H26O. The first kappa shape index (κ1) is 13.0. The van der Waals surface area contributed by atoms with Crippen molar-refractivity contribution in [2.24, 2.45) is 17.3 Å². The van der Waals surface area contributed by atoms with E-state index in [4.69, 9.17) is 4.74 Å². The van der Waals surface area contributed by atoms with Crippen molar-refractivity contribution in [2.75, 3.05) is 7.11 Å². The highest BCUT2D eigenvalue weighted by Crippen LogP contribution is 2.49. The molecule has 0 heterocycles. The minimum Gasteiger partial charge on any atom is -0.497 e. The van der Waals surface area contributed by atoms with Gasteiger partial charge >= 0.3 is 0 Å². The van der Waals surface area contributed by atoms with E-state index in [1.54, 1.807) is 18.2 Å². The summed E-state index contributed by atoms with van der Waals surface area (Å²) < 4.78 is 5.40. The molecule has 0 saturated heterocycles. The zero-order valence-electron chi connectivity index (χ0n) is 12.5. The lowest BCUT2D eigenvalue weighted by molar-refractivity contribution is 0.0705. The van der Waals surface area contributed by atoms with Crippen LogP contribution in [0.2, 0.25) is 0 Å². The van der Waals surface area contributed by atoms with Crippen LogP contribution in [0.5, 0.6) is 5.75 Å². The van der Waals surface area contributed by atoms with Crippen LogP contribution in [0.25, 0.3) is 0 Å². The van der Waals surface area contributed by atoms with E-state index >= 15 is 0 Å². The maximum absolute atomic E-state index is 5.40. The normalized spacial score (nSPS) is 29.0. The van der Waals surface area contributed by atoms with Crippen LogP contribution in [0.1, 0.15) is 50.7 Å². The number of methoxy groups -OCH3 is 1. The summed E-state index contributed by atoms with van der Waals surface area (Å²) in [6, 6.07) is 6.69. The average Bonchev–Trinajstić information content (AvgIpc) is 2.57. The summed E-state index contributed by atoms with van der Waals surface area (Å²) in [6.07, 6.45) is 8.13. The lowest BCUT2D eigenvalue weighted by atomic mass is 9.62. The van der Waals surface area contributed by atoms with Crippen molar-refractivity contribution in [3.05, 3.63) is 29.3 Å². The fourth-order valence-electron chi connectivity index (χ4n) is 4.47. The maximum Gasteiger partial charge on any atom is 0.119 e. The molecular weight excluding hydrogens is 232 g/mol. The van der Waals surface area contributed by atoms with E-state index in [-0.39, 0.29) is 0 Å². The van der Waals surface area contributed by atoms with Gasteiger partial charge in [-0.15, -0.1) is 0 Å². The molecule has 1 nitrogen and oxygen atoms in total. The van der Waals surface area contributed by atoms with Crippen LogP contribution < -0.4 is 4.74 Å². The molecule has 0 radical (unpaired) electrons. The molecule has 0 aliphatic heterocycles. The molecule has 1 fully saturated rings. The van der Waals surface area contributed by atoms with Crippen LogP contribution in [-0.2, 0) is 12.8 Å². The number of fused-ring (bicyclic) bond motifs is 2. The van der Waals surface area contributed by atoms with Crippen molar-refractivity contribution >= 4 is 0 Å². The quantitative estimate of drug-likeness (QED) is 0.714. The molecule has 0 unspecified atom stereocenters. The first-order chi connectivity index (χ1) is 9.10. The summed E-state index contributed by atoms with van der Waals surface area (Å²) in [5, 5.41) is 0. The second kappa shape index (κ2) is 4.85. The molecule has 1 aromatic carbocycles. The van der Waals surface area contributed by atoms with Gasteiger partial charge in [-0.3, -0.25) is 0 Å². The van der Waals surface area contributed by atoms with Crippen LogP contribution in [0.3, 0.4) is 0 Å². The lowest BCUT2D eigenvalue weighted by Crippen LogP contribution is -2.35. The molecule has 0 bridgehead atoms. The Kier molecular flexibility index (Phi) is 3.32. The Morgan fingerprint density at radius 3 is 2.79 bits per heavy atom. The number of aryl methyl sites for hydroxylation is 1. The van der Waals surface area contributed by atoms with Crippen molar-refractivity contribution in [3.63, 3.8) is 0 Å². The van der Waals surface area contributed by atoms with Gasteiger partial charge in [0.15, 0.2) is 0 Å². The molecule has 0 N–H and O–H groups in total. The van der Waals surface area contributed by atoms with Gasteiger partial charge in [0.25, 0.3) is 0 Å². The molecule has 0 amide bonds. The molecule has 19 heavy (non-hydrogen) atoms. The first-order valence-corrected chi connectivity index (χ1v) is 7.76. The fraction of sp³-hybridized carbons (Fsp3) is 0.667. The molecule has 0 aromatic heterocycles. The Balaban J connectivity index is 1.91. The molecule has 2 aliphatic carbocycles. The molecule has 3 rings (SSSR count). The number of hydrogen-bond donors (Lipinski definition) is 0. The molecule has 0 spiro atoms. The Morgan fingerprint density at radius 2 is 2.00 bits per heavy atom. The molecule has 104 valence electrons. The molecule has 1 aromatic rings. The van der Waals surface area contributed by atoms with E-state index in [2.05, 4.69) is 32.0 Å². The molecule has 1 saturated carbocycles. The first-order valence-electron chi connectivity index (χ1n) is 7.76. The standard InChI is InChI=1S/C18H26O/c1-18(2)10-4-5-14-11-15-12-16(19-3)8-6-13(15)7-9-17(14)18/h6,8,12,14,17H,4-5,7,9-11H2,1-3H3/t14-,17-/m0/s1. The highest BCUT2D eigenvalue weighted by molar-refractivity contribution is 5.37. The van der Waals surface area contributed by atoms with Gasteiger partial charge < -0.3 is 4.74 Å². The predicted octanol–water partition coefficient (Wildman–Crippen LogP) is 4.63. The third-order valence-corrected chi connectivity index (χ3v) is 5.59. The van der Waals surface area contributed by atoms with Gasteiger partial charge in [0, 0.05) is 0 Å². The Bertz CT molecular complexity index is 461. The number of ether oxygens (including phenoxy) is 1. The summed E-state index contributed by atoms with van der Waals surface area (Å²) in [6.45, 7) is 4.97. The zero-order valence-corrected chi connectivity index (χ0v) is 12.5. The van der Waals surface area contributed by atoms with Gasteiger partial charge in [0.2, 0.25) is 0 Å². The van der Waals surface area contributed by atoms with Crippen LogP contribution in [0, 0.1) is 17.3 Å². The second-order valence-corrected chi connectivity index (χ2v) is 7.12. The van der Waals surface area contributed by atoms with Crippen molar-refractivity contribution < 1.29 is 4.74 Å². The molecule has 1 heteroatoms. The largest absolute Gasteiger partial charge is 0.497 e.